The van der Waals surface area contributed by atoms with Gasteiger partial charge in [-0.05, 0) is 60.7 Å². The van der Waals surface area contributed by atoms with E-state index in [4.69, 9.17) is 29.4 Å². The Morgan fingerprint density at radius 2 is 1.66 bits per heavy atom. The smallest absolute Gasteiger partial charge is 0.243 e. The highest BCUT2D eigenvalue weighted by atomic mass is 32.2. The van der Waals surface area contributed by atoms with Crippen molar-refractivity contribution in [3.8, 4) is 5.75 Å². The summed E-state index contributed by atoms with van der Waals surface area (Å²) in [4.78, 5) is 2.59. The van der Waals surface area contributed by atoms with Gasteiger partial charge in [0.1, 0.15) is 12.4 Å². The number of nitrogens with zero attached hydrogens (tertiary/aromatic N) is 2. The third-order valence-corrected chi connectivity index (χ3v) is 10.9. The summed E-state index contributed by atoms with van der Waals surface area (Å²) >= 11 is 0. The lowest BCUT2D eigenvalue weighted by atomic mass is 9.84. The highest BCUT2D eigenvalue weighted by molar-refractivity contribution is 7.89. The van der Waals surface area contributed by atoms with E-state index in [9.17, 15) is 8.42 Å². The minimum atomic E-state index is -3.80. The van der Waals surface area contributed by atoms with Gasteiger partial charge in [0.25, 0.3) is 0 Å². The van der Waals surface area contributed by atoms with Crippen LogP contribution in [0.4, 0.5) is 5.69 Å². The first-order valence-corrected chi connectivity index (χ1v) is 17.8. The van der Waals surface area contributed by atoms with Crippen molar-refractivity contribution >= 4 is 15.7 Å². The molecule has 0 spiro atoms. The highest BCUT2D eigenvalue weighted by Gasteiger charge is 2.42. The molecule has 0 aromatic heterocycles. The van der Waals surface area contributed by atoms with E-state index in [1.165, 1.54) is 0 Å². The molecule has 0 unspecified atom stereocenters. The molecule has 0 bridgehead atoms. The zero-order valence-electron chi connectivity index (χ0n) is 27.8. The molecule has 0 amide bonds. The number of hydrogen-bond acceptors (Lipinski definition) is 9. The number of aryl methyl sites for hydroxylation is 1. The van der Waals surface area contributed by atoms with Crippen LogP contribution in [-0.2, 0) is 42.2 Å². The Morgan fingerprint density at radius 1 is 0.915 bits per heavy atom. The van der Waals surface area contributed by atoms with Crippen molar-refractivity contribution < 1.29 is 32.1 Å². The Balaban J connectivity index is 1.38. The van der Waals surface area contributed by atoms with Gasteiger partial charge in [-0.3, -0.25) is 0 Å². The second-order valence-corrected chi connectivity index (χ2v) is 14.1. The quantitative estimate of drug-likeness (QED) is 0.221. The number of anilines is 1. The summed E-state index contributed by atoms with van der Waals surface area (Å²) in [7, 11) is -0.427. The first kappa shape index (κ1) is 35.3. The number of benzene rings is 3. The van der Waals surface area contributed by atoms with E-state index in [0.717, 1.165) is 53.2 Å². The van der Waals surface area contributed by atoms with Crippen LogP contribution in [0.25, 0.3) is 0 Å². The second kappa shape index (κ2) is 16.9. The number of ether oxygens (including phenoxy) is 5. The average Bonchev–Trinajstić information content (AvgIpc) is 3.09. The lowest BCUT2D eigenvalue weighted by molar-refractivity contribution is -0.0187. The van der Waals surface area contributed by atoms with Crippen molar-refractivity contribution in [1.82, 2.24) is 4.31 Å². The van der Waals surface area contributed by atoms with Crippen LogP contribution in [0.3, 0.4) is 0 Å². The molecule has 1 fully saturated rings. The van der Waals surface area contributed by atoms with Gasteiger partial charge in [0.15, 0.2) is 0 Å². The molecule has 256 valence electrons. The monoisotopic (exact) mass is 667 g/mol. The number of methoxy groups -OCH3 is 2. The van der Waals surface area contributed by atoms with Crippen molar-refractivity contribution in [3.63, 3.8) is 0 Å². The fourth-order valence-electron chi connectivity index (χ4n) is 6.33. The first-order chi connectivity index (χ1) is 22.8. The van der Waals surface area contributed by atoms with Gasteiger partial charge in [-0.25, -0.2) is 8.42 Å². The minimum absolute atomic E-state index is 0.0528. The van der Waals surface area contributed by atoms with Crippen LogP contribution in [0.2, 0.25) is 0 Å². The van der Waals surface area contributed by atoms with Gasteiger partial charge in [-0.15, -0.1) is 0 Å². The Kier molecular flexibility index (Phi) is 12.7. The third-order valence-electron chi connectivity index (χ3n) is 8.97. The van der Waals surface area contributed by atoms with Crippen LogP contribution in [0, 0.1) is 6.92 Å². The van der Waals surface area contributed by atoms with Crippen LogP contribution >= 0.6 is 0 Å². The van der Waals surface area contributed by atoms with Crippen LogP contribution in [0.15, 0.2) is 71.6 Å². The van der Waals surface area contributed by atoms with E-state index >= 15 is 0 Å². The van der Waals surface area contributed by atoms with E-state index < -0.39 is 16.1 Å². The normalized spacial score (nSPS) is 20.2. The van der Waals surface area contributed by atoms with Crippen LogP contribution in [-0.4, -0.2) is 91.7 Å². The molecule has 0 radical (unpaired) electrons. The van der Waals surface area contributed by atoms with Crippen molar-refractivity contribution in [3.05, 3.63) is 89.0 Å². The standard InChI is InChI=1S/C36H49N3O7S/c1-27-5-12-32(13-6-27)47(40,41)39-24-36(33(22-31(39)23-37)30-10-7-28(8-11-30)25-44-20-19-43-3)46-26-29-9-14-35-34(21-29)38(16-18-45-35)15-4-17-42-2/h5-14,21,31,33,36H,4,15-20,22-26,37H2,1-3H3/t31-,33-,36+/m1/s1. The van der Waals surface area contributed by atoms with Gasteiger partial charge in [0.2, 0.25) is 10.0 Å². The minimum Gasteiger partial charge on any atom is -0.490 e. The number of sulfonamides is 1. The van der Waals surface area contributed by atoms with Gasteiger partial charge in [0, 0.05) is 52.4 Å². The Morgan fingerprint density at radius 3 is 2.38 bits per heavy atom. The van der Waals surface area contributed by atoms with Gasteiger partial charge in [-0.1, -0.05) is 48.0 Å². The fraction of sp³-hybridized carbons (Fsp3) is 0.500. The number of piperidine rings is 1. The zero-order chi connectivity index (χ0) is 33.2. The number of rotatable bonds is 16. The molecular weight excluding hydrogens is 618 g/mol. The van der Waals surface area contributed by atoms with Crippen LogP contribution in [0.5, 0.6) is 5.75 Å². The average molecular weight is 668 g/mol. The maximum Gasteiger partial charge on any atom is 0.243 e. The molecule has 2 aliphatic rings. The lowest BCUT2D eigenvalue weighted by Crippen LogP contribution is -2.54. The molecular formula is C36H49N3O7S. The van der Waals surface area contributed by atoms with Gasteiger partial charge >= 0.3 is 0 Å². The topological polar surface area (TPSA) is 113 Å². The first-order valence-electron chi connectivity index (χ1n) is 16.4. The van der Waals surface area contributed by atoms with Crippen LogP contribution < -0.4 is 15.4 Å². The summed E-state index contributed by atoms with van der Waals surface area (Å²) in [5.74, 6) is 0.809. The number of fused-ring (bicyclic) bond motifs is 1. The molecule has 47 heavy (non-hydrogen) atoms. The Hall–Kier alpha value is -3.03. The molecule has 1 saturated heterocycles. The second-order valence-electron chi connectivity index (χ2n) is 12.2. The van der Waals surface area contributed by atoms with E-state index in [2.05, 4.69) is 35.2 Å². The summed E-state index contributed by atoms with van der Waals surface area (Å²) in [5.41, 5.74) is 11.5. The maximum atomic E-state index is 14.0. The van der Waals surface area contributed by atoms with E-state index in [1.807, 2.05) is 31.2 Å². The largest absolute Gasteiger partial charge is 0.490 e. The summed E-state index contributed by atoms with van der Waals surface area (Å²) < 4.78 is 58.2. The predicted octanol–water partition coefficient (Wildman–Crippen LogP) is 4.48. The molecule has 0 saturated carbocycles. The molecule has 3 atom stereocenters. The molecule has 11 heteroatoms. The van der Waals surface area contributed by atoms with E-state index in [-0.39, 0.29) is 29.9 Å². The predicted molar refractivity (Wildman–Crippen MR) is 182 cm³/mol. The maximum absolute atomic E-state index is 14.0. The Bertz CT molecular complexity index is 1520. The number of nitrogens with two attached hydrogens (primary N) is 1. The number of hydrogen-bond donors (Lipinski definition) is 1. The summed E-state index contributed by atoms with van der Waals surface area (Å²) in [5, 5.41) is 0. The van der Waals surface area contributed by atoms with E-state index in [0.29, 0.717) is 46.1 Å². The van der Waals surface area contributed by atoms with Gasteiger partial charge in [0.05, 0.1) is 49.7 Å². The van der Waals surface area contributed by atoms with Crippen molar-refractivity contribution in [2.75, 3.05) is 71.7 Å². The van der Waals surface area contributed by atoms with Crippen molar-refractivity contribution in [2.24, 2.45) is 5.73 Å². The molecule has 3 aromatic rings. The molecule has 5 rings (SSSR count). The van der Waals surface area contributed by atoms with Crippen LogP contribution in [0.1, 0.15) is 41.0 Å². The Labute approximate surface area is 279 Å². The summed E-state index contributed by atoms with van der Waals surface area (Å²) in [6, 6.07) is 21.1. The highest BCUT2D eigenvalue weighted by Crippen LogP contribution is 2.38. The molecule has 2 heterocycles. The van der Waals surface area contributed by atoms with Gasteiger partial charge in [-0.2, -0.15) is 4.31 Å². The third kappa shape index (κ3) is 8.91. The fourth-order valence-corrected chi connectivity index (χ4v) is 7.98. The van der Waals surface area contributed by atoms with Crippen molar-refractivity contribution in [2.45, 2.75) is 55.9 Å². The summed E-state index contributed by atoms with van der Waals surface area (Å²) in [6.07, 6.45) is 1.07. The van der Waals surface area contributed by atoms with Crippen molar-refractivity contribution in [1.29, 1.82) is 0 Å². The lowest BCUT2D eigenvalue weighted by Gasteiger charge is -2.43. The SMILES string of the molecule is COCCCN1CCOc2ccc(CO[C@H]3CN(S(=O)(=O)c4ccc(C)cc4)[C@@H](CN)C[C@@H]3c3ccc(COCCOC)cc3)cc21. The molecule has 3 aromatic carbocycles. The van der Waals surface area contributed by atoms with E-state index in [1.54, 1.807) is 30.7 Å². The molecule has 0 aliphatic carbocycles. The molecule has 10 nitrogen and oxygen atoms in total. The molecule has 2 N–H and O–H groups in total. The molecule has 2 aliphatic heterocycles. The zero-order valence-corrected chi connectivity index (χ0v) is 28.6. The summed E-state index contributed by atoms with van der Waals surface area (Å²) in [6.45, 7) is 7.28. The van der Waals surface area contributed by atoms with Gasteiger partial charge < -0.3 is 34.3 Å².